The zero-order chi connectivity index (χ0) is 44.0. The van der Waals surface area contributed by atoms with Crippen LogP contribution >= 0.6 is 11.3 Å². The Morgan fingerprint density at radius 2 is 0.731 bits per heavy atom. The fourth-order valence-electron chi connectivity index (χ4n) is 10.5. The Hall–Kier alpha value is -8.57. The first kappa shape index (κ1) is 37.8. The molecule has 0 radical (unpaired) electrons. The maximum atomic E-state index is 5.20. The van der Waals surface area contributed by atoms with Crippen LogP contribution in [0, 0.1) is 0 Å². The van der Waals surface area contributed by atoms with Gasteiger partial charge in [0, 0.05) is 26.3 Å². The molecule has 0 bridgehead atoms. The number of aromatic nitrogens is 3. The summed E-state index contributed by atoms with van der Waals surface area (Å²) in [6, 6.07) is 81.3. The SMILES string of the molecule is c1ccc(-c2nc(-c3ccc(-c4cc5ccccc5s4)cc3)nc(-c3ccccc3-c3ccc(-c4cc5ccc6cccc7c8cccc9ccc%10cccc(c(c4)c5c67)c%10c98)cc3)n2)cc1. The molecule has 4 heteroatoms. The van der Waals surface area contributed by atoms with E-state index in [0.717, 1.165) is 33.4 Å². The van der Waals surface area contributed by atoms with Crippen LogP contribution in [0.1, 0.15) is 0 Å². The van der Waals surface area contributed by atoms with Gasteiger partial charge in [-0.15, -0.1) is 11.3 Å². The number of hydrogen-bond acceptors (Lipinski definition) is 4. The summed E-state index contributed by atoms with van der Waals surface area (Å²) in [4.78, 5) is 16.7. The van der Waals surface area contributed by atoms with Gasteiger partial charge in [0.05, 0.1) is 0 Å². The second kappa shape index (κ2) is 15.0. The molecular formula is C63H37N3S. The van der Waals surface area contributed by atoms with Gasteiger partial charge in [-0.3, -0.25) is 0 Å². The molecule has 0 aliphatic heterocycles. The quantitative estimate of drug-likeness (QED) is 0.156. The van der Waals surface area contributed by atoms with Gasteiger partial charge in [-0.05, 0) is 122 Å². The average Bonchev–Trinajstić information content (AvgIpc) is 3.84. The minimum Gasteiger partial charge on any atom is -0.208 e. The van der Waals surface area contributed by atoms with Gasteiger partial charge in [0.15, 0.2) is 17.5 Å². The molecule has 0 fully saturated rings. The highest BCUT2D eigenvalue weighted by Gasteiger charge is 2.19. The lowest BCUT2D eigenvalue weighted by molar-refractivity contribution is 1.07. The van der Waals surface area contributed by atoms with E-state index in [9.17, 15) is 0 Å². The lowest BCUT2D eigenvalue weighted by Crippen LogP contribution is -2.01. The standard InChI is InChI=1S/C63H37N3S/c1-2-11-44(12-3-1)61-64-62(45-32-27-40(28-33-45)56-37-46-13-4-7-22-55(46)67-56)66-63(65-61)53-18-6-5-17-49(53)39-25-23-38(24-26-39)48-35-47-34-31-43-15-9-20-51-50-19-8-14-41-29-30-42-16-10-21-52(59(42)57(41)50)54(36-48)60(47)58(43)51/h1-37H. The van der Waals surface area contributed by atoms with E-state index in [-0.39, 0.29) is 0 Å². The Kier molecular flexibility index (Phi) is 8.45. The predicted molar refractivity (Wildman–Crippen MR) is 284 cm³/mol. The van der Waals surface area contributed by atoms with Crippen LogP contribution in [0.3, 0.4) is 0 Å². The maximum Gasteiger partial charge on any atom is 0.164 e. The number of thiophene rings is 1. The summed E-state index contributed by atoms with van der Waals surface area (Å²) >= 11 is 1.81. The van der Waals surface area contributed by atoms with Crippen molar-refractivity contribution in [2.24, 2.45) is 0 Å². The molecule has 12 aromatic carbocycles. The molecule has 310 valence electrons. The zero-order valence-corrected chi connectivity index (χ0v) is 36.9. The Balaban J connectivity index is 0.893. The van der Waals surface area contributed by atoms with Crippen LogP contribution in [0.15, 0.2) is 224 Å². The molecule has 67 heavy (non-hydrogen) atoms. The summed E-state index contributed by atoms with van der Waals surface area (Å²) in [5, 5.41) is 16.6. The van der Waals surface area contributed by atoms with E-state index in [1.54, 1.807) is 0 Å². The van der Waals surface area contributed by atoms with Gasteiger partial charge >= 0.3 is 0 Å². The van der Waals surface area contributed by atoms with Gasteiger partial charge in [-0.1, -0.05) is 200 Å². The molecule has 0 atom stereocenters. The van der Waals surface area contributed by atoms with E-state index in [4.69, 9.17) is 15.0 Å². The fraction of sp³-hybridized carbons (Fsp3) is 0. The summed E-state index contributed by atoms with van der Waals surface area (Å²) in [7, 11) is 0. The topological polar surface area (TPSA) is 38.7 Å². The monoisotopic (exact) mass is 867 g/mol. The minimum absolute atomic E-state index is 0.634. The molecule has 14 rings (SSSR count). The zero-order valence-electron chi connectivity index (χ0n) is 36.1. The molecule has 0 saturated carbocycles. The van der Waals surface area contributed by atoms with Crippen molar-refractivity contribution in [3.05, 3.63) is 224 Å². The lowest BCUT2D eigenvalue weighted by atomic mass is 9.86. The Morgan fingerprint density at radius 1 is 0.254 bits per heavy atom. The first-order chi connectivity index (χ1) is 33.2. The first-order valence-electron chi connectivity index (χ1n) is 22.7. The molecule has 2 aromatic heterocycles. The summed E-state index contributed by atoms with van der Waals surface area (Å²) in [6.45, 7) is 0. The van der Waals surface area contributed by atoms with Gasteiger partial charge in [0.25, 0.3) is 0 Å². The van der Waals surface area contributed by atoms with E-state index in [0.29, 0.717) is 17.5 Å². The number of hydrogen-bond donors (Lipinski definition) is 0. The van der Waals surface area contributed by atoms with Crippen LogP contribution in [0.5, 0.6) is 0 Å². The average molecular weight is 868 g/mol. The highest BCUT2D eigenvalue weighted by Crippen LogP contribution is 2.45. The van der Waals surface area contributed by atoms with Crippen LogP contribution in [-0.2, 0) is 0 Å². The first-order valence-corrected chi connectivity index (χ1v) is 23.6. The van der Waals surface area contributed by atoms with E-state index >= 15 is 0 Å². The largest absolute Gasteiger partial charge is 0.208 e. The Bertz CT molecular complexity index is 4210. The molecule has 0 spiro atoms. The van der Waals surface area contributed by atoms with Crippen molar-refractivity contribution in [2.45, 2.75) is 0 Å². The van der Waals surface area contributed by atoms with E-state index in [1.165, 1.54) is 90.7 Å². The van der Waals surface area contributed by atoms with Crippen LogP contribution < -0.4 is 0 Å². The number of rotatable bonds is 6. The Labute approximate surface area is 390 Å². The number of nitrogens with zero attached hydrogens (tertiary/aromatic N) is 3. The van der Waals surface area contributed by atoms with Crippen molar-refractivity contribution in [3.8, 4) is 66.9 Å². The van der Waals surface area contributed by atoms with Crippen molar-refractivity contribution >= 4 is 86.1 Å². The normalized spacial score (nSPS) is 11.9. The van der Waals surface area contributed by atoms with Crippen LogP contribution in [0.4, 0.5) is 0 Å². The molecule has 0 aliphatic carbocycles. The fourth-order valence-corrected chi connectivity index (χ4v) is 11.5. The van der Waals surface area contributed by atoms with Crippen LogP contribution in [0.25, 0.3) is 142 Å². The van der Waals surface area contributed by atoms with Crippen LogP contribution in [-0.4, -0.2) is 15.0 Å². The molecule has 14 aromatic rings. The minimum atomic E-state index is 0.634. The van der Waals surface area contributed by atoms with Gasteiger partial charge < -0.3 is 0 Å². The second-order valence-electron chi connectivity index (χ2n) is 17.5. The molecule has 0 saturated heterocycles. The van der Waals surface area contributed by atoms with E-state index in [2.05, 4.69) is 206 Å². The van der Waals surface area contributed by atoms with E-state index < -0.39 is 0 Å². The van der Waals surface area contributed by atoms with Crippen molar-refractivity contribution in [1.82, 2.24) is 15.0 Å². The summed E-state index contributed by atoms with van der Waals surface area (Å²) < 4.78 is 1.29. The number of benzene rings is 11. The van der Waals surface area contributed by atoms with Gasteiger partial charge in [0.2, 0.25) is 0 Å². The highest BCUT2D eigenvalue weighted by molar-refractivity contribution is 7.22. The Morgan fingerprint density at radius 3 is 1.39 bits per heavy atom. The van der Waals surface area contributed by atoms with Crippen LogP contribution in [0.2, 0.25) is 0 Å². The smallest absolute Gasteiger partial charge is 0.164 e. The van der Waals surface area contributed by atoms with Crippen molar-refractivity contribution in [3.63, 3.8) is 0 Å². The van der Waals surface area contributed by atoms with Crippen molar-refractivity contribution in [2.75, 3.05) is 0 Å². The third-order valence-corrected chi connectivity index (χ3v) is 14.8. The molecule has 0 aliphatic rings. The molecule has 2 heterocycles. The summed E-state index contributed by atoms with van der Waals surface area (Å²) in [6.07, 6.45) is 0. The lowest BCUT2D eigenvalue weighted by Gasteiger charge is -2.17. The van der Waals surface area contributed by atoms with Crippen molar-refractivity contribution < 1.29 is 0 Å². The molecule has 0 unspecified atom stereocenters. The molecule has 3 nitrogen and oxygen atoms in total. The highest BCUT2D eigenvalue weighted by atomic mass is 32.1. The van der Waals surface area contributed by atoms with Crippen molar-refractivity contribution in [1.29, 1.82) is 0 Å². The number of fused-ring (bicyclic) bond motifs is 3. The third kappa shape index (κ3) is 6.15. The molecule has 0 amide bonds. The predicted octanol–water partition coefficient (Wildman–Crippen LogP) is 17.4. The molecule has 0 N–H and O–H groups in total. The van der Waals surface area contributed by atoms with Gasteiger partial charge in [-0.2, -0.15) is 0 Å². The van der Waals surface area contributed by atoms with E-state index in [1.807, 2.05) is 29.5 Å². The van der Waals surface area contributed by atoms with Gasteiger partial charge in [-0.25, -0.2) is 15.0 Å². The van der Waals surface area contributed by atoms with Gasteiger partial charge in [0.1, 0.15) is 0 Å². The molecular weight excluding hydrogens is 831 g/mol. The second-order valence-corrected chi connectivity index (χ2v) is 18.6. The third-order valence-electron chi connectivity index (χ3n) is 13.6. The summed E-state index contributed by atoms with van der Waals surface area (Å²) in [5.41, 5.74) is 8.50. The maximum absolute atomic E-state index is 5.20. The summed E-state index contributed by atoms with van der Waals surface area (Å²) in [5.74, 6) is 1.91.